The summed E-state index contributed by atoms with van der Waals surface area (Å²) in [5, 5.41) is 13.9. The van der Waals surface area contributed by atoms with Gasteiger partial charge < -0.3 is 29.4 Å². The van der Waals surface area contributed by atoms with Gasteiger partial charge in [-0.3, -0.25) is 14.3 Å². The summed E-state index contributed by atoms with van der Waals surface area (Å²) in [6.45, 7) is -0.516. The van der Waals surface area contributed by atoms with E-state index in [0.717, 1.165) is 6.92 Å². The Balaban J connectivity index is 2.26. The molecule has 1 saturated heterocycles. The fourth-order valence-corrected chi connectivity index (χ4v) is 7.11. The smallest absolute Gasteiger partial charge is 0.388 e. The molecular weight excluding hydrogens is 548 g/mol. The minimum atomic E-state index is -5.56. The fourth-order valence-electron chi connectivity index (χ4n) is 2.64. The molecular formula is C10H17ClFN3O13P4. The van der Waals surface area contributed by atoms with Crippen molar-refractivity contribution in [1.29, 1.82) is 0 Å². The maximum Gasteiger partial charge on any atom is 0.488 e. The highest BCUT2D eigenvalue weighted by atomic mass is 35.5. The SMILES string of the molecule is C[C@@H](OP(=O)(O)OP(=O)(O)OP(O)(O)=P)C1O[C@@H](n2ncc(=O)[nH]c2=O)C(Cl)(CF)[C@H]1O. The van der Waals surface area contributed by atoms with Crippen molar-refractivity contribution in [3.8, 4) is 0 Å². The number of aliphatic hydroxyl groups is 1. The lowest BCUT2D eigenvalue weighted by atomic mass is 9.98. The third kappa shape index (κ3) is 6.62. The van der Waals surface area contributed by atoms with Gasteiger partial charge in [-0.1, -0.05) is 0 Å². The molecule has 0 saturated carbocycles. The van der Waals surface area contributed by atoms with E-state index >= 15 is 0 Å². The number of nitrogens with one attached hydrogen (secondary N) is 1. The van der Waals surface area contributed by atoms with Crippen LogP contribution < -0.4 is 11.2 Å². The summed E-state index contributed by atoms with van der Waals surface area (Å²) in [6, 6.07) is 0. The minimum Gasteiger partial charge on any atom is -0.388 e. The van der Waals surface area contributed by atoms with Gasteiger partial charge in [0.25, 0.3) is 12.8 Å². The van der Waals surface area contributed by atoms with Crippen molar-refractivity contribution in [1.82, 2.24) is 14.8 Å². The third-order valence-electron chi connectivity index (χ3n) is 3.85. The Morgan fingerprint density at radius 1 is 1.34 bits per heavy atom. The molecule has 1 fully saturated rings. The van der Waals surface area contributed by atoms with Crippen molar-refractivity contribution in [2.45, 2.75) is 36.3 Å². The highest BCUT2D eigenvalue weighted by Crippen LogP contribution is 2.68. The van der Waals surface area contributed by atoms with Crippen LogP contribution in [0, 0.1) is 0 Å². The summed E-state index contributed by atoms with van der Waals surface area (Å²) in [6.07, 6.45) is -6.67. The number of aromatic nitrogens is 3. The summed E-state index contributed by atoms with van der Waals surface area (Å²) in [4.78, 5) is 59.6. The normalized spacial score (nSPS) is 31.1. The Labute approximate surface area is 184 Å². The van der Waals surface area contributed by atoms with Gasteiger partial charge in [0.2, 0.25) is 0 Å². The average molecular weight is 566 g/mol. The number of ether oxygens (including phenoxy) is 1. The zero-order valence-corrected chi connectivity index (χ0v) is 20.0. The van der Waals surface area contributed by atoms with Crippen LogP contribution in [0.5, 0.6) is 0 Å². The van der Waals surface area contributed by atoms with E-state index in [4.69, 9.17) is 26.1 Å². The first kappa shape index (κ1) is 27.9. The number of rotatable bonds is 9. The number of halogens is 2. The largest absolute Gasteiger partial charge is 0.488 e. The number of H-pyrrole nitrogens is 1. The number of phosphoric ester groups is 1. The van der Waals surface area contributed by atoms with Gasteiger partial charge in [-0.25, -0.2) is 22.6 Å². The molecule has 0 radical (unpaired) electrons. The predicted molar refractivity (Wildman–Crippen MR) is 106 cm³/mol. The van der Waals surface area contributed by atoms with Crippen LogP contribution in [0.25, 0.3) is 0 Å². The van der Waals surface area contributed by atoms with Crippen molar-refractivity contribution in [2.24, 2.45) is 0 Å². The van der Waals surface area contributed by atoms with Crippen molar-refractivity contribution < 1.29 is 56.1 Å². The van der Waals surface area contributed by atoms with Gasteiger partial charge in [0.05, 0.1) is 6.10 Å². The van der Waals surface area contributed by atoms with Gasteiger partial charge in [-0.15, -0.1) is 11.6 Å². The molecule has 0 spiro atoms. The molecule has 1 aliphatic rings. The van der Waals surface area contributed by atoms with Crippen LogP contribution in [0.2, 0.25) is 0 Å². The molecule has 1 aromatic rings. The van der Waals surface area contributed by atoms with Gasteiger partial charge >= 0.3 is 21.3 Å². The molecule has 7 atom stereocenters. The number of nitrogens with zero attached hydrogens (tertiary/aromatic N) is 2. The maximum atomic E-state index is 13.7. The minimum absolute atomic E-state index is 0.413. The molecule has 1 aliphatic heterocycles. The van der Waals surface area contributed by atoms with Gasteiger partial charge in [-0.05, 0) is 15.5 Å². The van der Waals surface area contributed by atoms with Crippen LogP contribution in [0.15, 0.2) is 15.8 Å². The average Bonchev–Trinajstić information content (AvgIpc) is 2.84. The molecule has 0 bridgehead atoms. The van der Waals surface area contributed by atoms with Crippen LogP contribution in [-0.4, -0.2) is 69.3 Å². The predicted octanol–water partition coefficient (Wildman–Crippen LogP) is -0.419. The molecule has 0 aliphatic carbocycles. The van der Waals surface area contributed by atoms with Crippen LogP contribution in [0.3, 0.4) is 0 Å². The first-order valence-electron chi connectivity index (χ1n) is 8.04. The number of phosphoric acid groups is 2. The molecule has 32 heavy (non-hydrogen) atoms. The van der Waals surface area contributed by atoms with E-state index in [1.54, 1.807) is 0 Å². The van der Waals surface area contributed by atoms with Crippen molar-refractivity contribution in [2.75, 3.05) is 6.67 Å². The van der Waals surface area contributed by atoms with Crippen LogP contribution >= 0.6 is 43.0 Å². The summed E-state index contributed by atoms with van der Waals surface area (Å²) in [5.41, 5.74) is -2.07. The zero-order valence-electron chi connectivity index (χ0n) is 15.6. The molecule has 1 aromatic heterocycles. The number of hydrogen-bond donors (Lipinski definition) is 6. The lowest BCUT2D eigenvalue weighted by Crippen LogP contribution is -2.48. The summed E-state index contributed by atoms with van der Waals surface area (Å²) < 4.78 is 55.4. The monoisotopic (exact) mass is 565 g/mol. The van der Waals surface area contributed by atoms with E-state index in [1.807, 2.05) is 4.98 Å². The van der Waals surface area contributed by atoms with E-state index in [1.165, 1.54) is 0 Å². The first-order chi connectivity index (χ1) is 14.4. The Morgan fingerprint density at radius 3 is 2.44 bits per heavy atom. The fraction of sp³-hybridized carbons (Fsp3) is 0.700. The number of aliphatic hydroxyl groups excluding tert-OH is 1. The molecule has 4 unspecified atom stereocenters. The standard InChI is InChI=1S/C10H17ClFN3O13P4/c1-4(26-30(19,20)27-31(21,22)28-32(23,24)29)6-7(17)10(11,3-12)8(25-6)15-9(18)14-5(16)2-13-15/h2,4,6-8,17,23-24,29H,3H2,1H3,(H,19,20)(H,21,22)(H,14,16,18)/t4-,6?,7+,8-,10?/m1/s1. The van der Waals surface area contributed by atoms with Crippen LogP contribution in [-0.2, 0) is 27.0 Å². The highest BCUT2D eigenvalue weighted by Gasteiger charge is 2.59. The van der Waals surface area contributed by atoms with Crippen molar-refractivity contribution in [3.05, 3.63) is 27.0 Å². The topological polar surface area (TPSA) is 240 Å². The quantitative estimate of drug-likeness (QED) is 0.165. The molecule has 2 rings (SSSR count). The number of aromatic amines is 1. The van der Waals surface area contributed by atoms with E-state index in [0.29, 0.717) is 10.9 Å². The molecule has 2 heterocycles. The van der Waals surface area contributed by atoms with E-state index in [2.05, 4.69) is 26.8 Å². The second kappa shape index (κ2) is 9.73. The van der Waals surface area contributed by atoms with E-state index in [-0.39, 0.29) is 0 Å². The van der Waals surface area contributed by atoms with E-state index in [9.17, 15) is 38.0 Å². The summed E-state index contributed by atoms with van der Waals surface area (Å²) in [7, 11) is -13.5. The molecule has 6 N–H and O–H groups in total. The lowest BCUT2D eigenvalue weighted by molar-refractivity contribution is -0.0793. The first-order valence-corrected chi connectivity index (χ1v) is 14.4. The van der Waals surface area contributed by atoms with Gasteiger partial charge in [-0.2, -0.15) is 14.1 Å². The van der Waals surface area contributed by atoms with E-state index < -0.39 is 70.2 Å². The highest BCUT2D eigenvalue weighted by molar-refractivity contribution is 7.91. The molecule has 16 nitrogen and oxygen atoms in total. The number of alkyl halides is 2. The van der Waals surface area contributed by atoms with Gasteiger partial charge in [0, 0.05) is 0 Å². The van der Waals surface area contributed by atoms with Gasteiger partial charge in [0.15, 0.2) is 6.23 Å². The van der Waals surface area contributed by atoms with Crippen LogP contribution in [0.4, 0.5) is 4.39 Å². The lowest BCUT2D eigenvalue weighted by Gasteiger charge is -2.27. The summed E-state index contributed by atoms with van der Waals surface area (Å²) in [5.74, 6) is 0. The Kier molecular flexibility index (Phi) is 8.48. The Bertz CT molecular complexity index is 1110. The Morgan fingerprint density at radius 2 is 1.94 bits per heavy atom. The summed E-state index contributed by atoms with van der Waals surface area (Å²) >= 11 is 6.09. The van der Waals surface area contributed by atoms with Crippen LogP contribution in [0.1, 0.15) is 13.2 Å². The van der Waals surface area contributed by atoms with Gasteiger partial charge in [0.1, 0.15) is 30.0 Å². The molecule has 184 valence electrons. The second-order valence-electron chi connectivity index (χ2n) is 6.30. The Hall–Kier alpha value is -0.340. The molecule has 22 heteroatoms. The zero-order chi connectivity index (χ0) is 24.7. The molecule has 0 aromatic carbocycles. The third-order valence-corrected chi connectivity index (χ3v) is 9.08. The van der Waals surface area contributed by atoms with Crippen molar-refractivity contribution in [3.63, 3.8) is 0 Å². The number of hydrogen-bond acceptors (Lipinski definition) is 10. The second-order valence-corrected chi connectivity index (χ2v) is 13.2. The van der Waals surface area contributed by atoms with Crippen molar-refractivity contribution >= 4 is 43.0 Å². The molecule has 0 amide bonds. The maximum absolute atomic E-state index is 13.7.